The second-order valence-electron chi connectivity index (χ2n) is 6.06. The van der Waals surface area contributed by atoms with Crippen LogP contribution in [0.1, 0.15) is 44.1 Å². The summed E-state index contributed by atoms with van der Waals surface area (Å²) in [5.74, 6) is 2.14. The van der Waals surface area contributed by atoms with Gasteiger partial charge in [-0.2, -0.15) is 9.50 Å². The molecule has 0 aliphatic rings. The normalized spacial score (nSPS) is 12.7. The molecule has 3 aromatic rings. The van der Waals surface area contributed by atoms with E-state index < -0.39 is 0 Å². The van der Waals surface area contributed by atoms with Crippen molar-refractivity contribution >= 4 is 18.1 Å². The number of oxime groups is 1. The summed E-state index contributed by atoms with van der Waals surface area (Å²) in [6.45, 7) is 6.30. The number of ether oxygens (including phenoxy) is 1. The summed E-state index contributed by atoms with van der Waals surface area (Å²) in [5.41, 5.74) is 2.12. The van der Waals surface area contributed by atoms with Crippen molar-refractivity contribution in [2.75, 3.05) is 12.4 Å². The Kier molecular flexibility index (Phi) is 5.31. The maximum Gasteiger partial charge on any atom is 0.254 e. The summed E-state index contributed by atoms with van der Waals surface area (Å²) in [4.78, 5) is 13.1. The lowest BCUT2D eigenvalue weighted by molar-refractivity contribution is 0.215. The van der Waals surface area contributed by atoms with Gasteiger partial charge >= 0.3 is 0 Å². The number of hydrogen-bond donors (Lipinski definition) is 1. The van der Waals surface area contributed by atoms with Gasteiger partial charge in [0.05, 0.1) is 5.69 Å². The summed E-state index contributed by atoms with van der Waals surface area (Å²) in [7, 11) is 1.46. The van der Waals surface area contributed by atoms with Crippen molar-refractivity contribution in [2.24, 2.45) is 5.16 Å². The van der Waals surface area contributed by atoms with E-state index in [-0.39, 0.29) is 6.10 Å². The lowest BCUT2D eigenvalue weighted by Crippen LogP contribution is -2.10. The average Bonchev–Trinajstić information content (AvgIpc) is 3.05. The Hall–Kier alpha value is -3.16. The predicted octanol–water partition coefficient (Wildman–Crippen LogP) is 3.39. The van der Waals surface area contributed by atoms with Crippen LogP contribution in [-0.2, 0) is 4.84 Å². The third-order valence-electron chi connectivity index (χ3n) is 3.90. The molecular weight excluding hydrogens is 332 g/mol. The van der Waals surface area contributed by atoms with Gasteiger partial charge in [-0.3, -0.25) is 0 Å². The van der Waals surface area contributed by atoms with Crippen LogP contribution in [-0.4, -0.2) is 33.0 Å². The van der Waals surface area contributed by atoms with Gasteiger partial charge in [0.2, 0.25) is 5.95 Å². The van der Waals surface area contributed by atoms with Gasteiger partial charge in [-0.1, -0.05) is 31.1 Å². The van der Waals surface area contributed by atoms with E-state index in [1.54, 1.807) is 10.7 Å². The molecule has 3 rings (SSSR count). The first-order chi connectivity index (χ1) is 12.6. The molecule has 8 heteroatoms. The van der Waals surface area contributed by atoms with Crippen molar-refractivity contribution in [2.45, 2.75) is 32.8 Å². The lowest BCUT2D eigenvalue weighted by atomic mass is 10.0. The maximum absolute atomic E-state index is 6.07. The van der Waals surface area contributed by atoms with Gasteiger partial charge in [0, 0.05) is 6.20 Å². The zero-order chi connectivity index (χ0) is 18.5. The van der Waals surface area contributed by atoms with Crippen LogP contribution in [0.2, 0.25) is 0 Å². The van der Waals surface area contributed by atoms with Gasteiger partial charge in [0.15, 0.2) is 0 Å². The van der Waals surface area contributed by atoms with E-state index in [4.69, 9.17) is 4.74 Å². The minimum absolute atomic E-state index is 0.229. The fourth-order valence-electron chi connectivity index (χ4n) is 2.51. The summed E-state index contributed by atoms with van der Waals surface area (Å²) in [6, 6.07) is 10.0. The van der Waals surface area contributed by atoms with Gasteiger partial charge in [-0.05, 0) is 36.6 Å². The van der Waals surface area contributed by atoms with Crippen LogP contribution in [0, 0.1) is 0 Å². The number of anilines is 1. The highest BCUT2D eigenvalue weighted by Gasteiger charge is 2.15. The molecule has 0 fully saturated rings. The lowest BCUT2D eigenvalue weighted by Gasteiger charge is -2.16. The second kappa shape index (κ2) is 7.81. The maximum atomic E-state index is 6.07. The van der Waals surface area contributed by atoms with Gasteiger partial charge in [-0.15, -0.1) is 5.10 Å². The van der Waals surface area contributed by atoms with Crippen molar-refractivity contribution in [1.82, 2.24) is 19.6 Å². The number of nitrogens with zero attached hydrogens (tertiary/aromatic N) is 5. The number of rotatable bonds is 7. The Morgan fingerprint density at radius 2 is 1.92 bits per heavy atom. The Morgan fingerprint density at radius 3 is 2.62 bits per heavy atom. The summed E-state index contributed by atoms with van der Waals surface area (Å²) in [6.07, 6.45) is 2.83. The highest BCUT2D eigenvalue weighted by molar-refractivity contribution is 5.71. The molecule has 0 amide bonds. The molecule has 26 heavy (non-hydrogen) atoms. The topological polar surface area (TPSA) is 85.9 Å². The molecule has 2 aromatic heterocycles. The van der Waals surface area contributed by atoms with Crippen LogP contribution < -0.4 is 10.1 Å². The largest absolute Gasteiger partial charge is 0.484 e. The minimum Gasteiger partial charge on any atom is -0.484 e. The SMILES string of the molecule is CO/N=C\Nc1nc2nccc(C(C)Oc3ccc(C(C)C)cc3)n2n1. The van der Waals surface area contributed by atoms with Crippen LogP contribution in [0.3, 0.4) is 0 Å². The fourth-order valence-corrected chi connectivity index (χ4v) is 2.51. The second-order valence-corrected chi connectivity index (χ2v) is 6.06. The summed E-state index contributed by atoms with van der Waals surface area (Å²) >= 11 is 0. The van der Waals surface area contributed by atoms with Crippen molar-refractivity contribution in [3.05, 3.63) is 47.8 Å². The molecule has 1 aromatic carbocycles. The first kappa shape index (κ1) is 17.7. The first-order valence-corrected chi connectivity index (χ1v) is 8.38. The smallest absolute Gasteiger partial charge is 0.254 e. The van der Waals surface area contributed by atoms with Gasteiger partial charge in [0.1, 0.15) is 25.3 Å². The molecule has 0 saturated heterocycles. The molecule has 2 heterocycles. The number of hydrogen-bond acceptors (Lipinski definition) is 6. The number of nitrogens with one attached hydrogen (secondary N) is 1. The van der Waals surface area contributed by atoms with Crippen LogP contribution in [0.25, 0.3) is 5.78 Å². The summed E-state index contributed by atoms with van der Waals surface area (Å²) in [5, 5.41) is 10.8. The molecule has 1 atom stereocenters. The Labute approximate surface area is 151 Å². The van der Waals surface area contributed by atoms with Crippen molar-refractivity contribution in [3.8, 4) is 5.75 Å². The van der Waals surface area contributed by atoms with E-state index in [2.05, 4.69) is 56.4 Å². The zero-order valence-corrected chi connectivity index (χ0v) is 15.2. The molecule has 8 nitrogen and oxygen atoms in total. The molecule has 0 aliphatic heterocycles. The fraction of sp³-hybridized carbons (Fsp3) is 0.333. The molecule has 1 unspecified atom stereocenters. The zero-order valence-electron chi connectivity index (χ0n) is 15.2. The van der Waals surface area contributed by atoms with Gasteiger partial charge < -0.3 is 14.9 Å². The van der Waals surface area contributed by atoms with E-state index in [9.17, 15) is 0 Å². The van der Waals surface area contributed by atoms with Crippen molar-refractivity contribution < 1.29 is 9.57 Å². The predicted molar refractivity (Wildman–Crippen MR) is 99.5 cm³/mol. The van der Waals surface area contributed by atoms with E-state index in [1.807, 2.05) is 25.1 Å². The third-order valence-corrected chi connectivity index (χ3v) is 3.90. The first-order valence-electron chi connectivity index (χ1n) is 8.38. The van der Waals surface area contributed by atoms with E-state index >= 15 is 0 Å². The van der Waals surface area contributed by atoms with Crippen LogP contribution in [0.15, 0.2) is 41.7 Å². The van der Waals surface area contributed by atoms with Crippen LogP contribution >= 0.6 is 0 Å². The Bertz CT molecular complexity index is 888. The molecule has 0 radical (unpaired) electrons. The van der Waals surface area contributed by atoms with Crippen molar-refractivity contribution in [1.29, 1.82) is 0 Å². The van der Waals surface area contributed by atoms with E-state index in [0.29, 0.717) is 17.6 Å². The Morgan fingerprint density at radius 1 is 1.15 bits per heavy atom. The number of benzene rings is 1. The highest BCUT2D eigenvalue weighted by atomic mass is 16.6. The number of aromatic nitrogens is 4. The van der Waals surface area contributed by atoms with Crippen LogP contribution in [0.4, 0.5) is 5.95 Å². The van der Waals surface area contributed by atoms with Crippen LogP contribution in [0.5, 0.6) is 5.75 Å². The number of fused-ring (bicyclic) bond motifs is 1. The molecule has 0 spiro atoms. The molecular formula is C18H22N6O2. The van der Waals surface area contributed by atoms with E-state index in [1.165, 1.54) is 19.0 Å². The van der Waals surface area contributed by atoms with E-state index in [0.717, 1.165) is 11.4 Å². The third kappa shape index (κ3) is 3.90. The van der Waals surface area contributed by atoms with Gasteiger partial charge in [-0.25, -0.2) is 4.98 Å². The minimum atomic E-state index is -0.229. The molecule has 0 bridgehead atoms. The quantitative estimate of drug-likeness (QED) is 0.398. The monoisotopic (exact) mass is 354 g/mol. The molecule has 0 saturated carbocycles. The standard InChI is InChI=1S/C18H22N6O2/c1-12(2)14-5-7-15(8-6-14)26-13(3)16-9-10-19-18-22-17(23-24(16)18)20-11-21-25-4/h5-13H,1-4H3,(H,20,21,23). The molecule has 0 aliphatic carbocycles. The summed E-state index contributed by atoms with van der Waals surface area (Å²) < 4.78 is 7.72. The van der Waals surface area contributed by atoms with Gasteiger partial charge in [0.25, 0.3) is 5.78 Å². The highest BCUT2D eigenvalue weighted by Crippen LogP contribution is 2.24. The Balaban J connectivity index is 1.81. The van der Waals surface area contributed by atoms with Crippen molar-refractivity contribution in [3.63, 3.8) is 0 Å². The molecule has 136 valence electrons. The molecule has 1 N–H and O–H groups in total. The average molecular weight is 354 g/mol.